The summed E-state index contributed by atoms with van der Waals surface area (Å²) in [5.41, 5.74) is 2.71. The molecule has 0 saturated carbocycles. The number of rotatable bonds is 2. The van der Waals surface area contributed by atoms with E-state index in [-0.39, 0.29) is 0 Å². The summed E-state index contributed by atoms with van der Waals surface area (Å²) in [5, 5.41) is 0. The first-order valence-electron chi connectivity index (χ1n) is 6.33. The summed E-state index contributed by atoms with van der Waals surface area (Å²) >= 11 is 3.68. The highest BCUT2D eigenvalue weighted by molar-refractivity contribution is 9.09. The van der Waals surface area contributed by atoms with Gasteiger partial charge in [0, 0.05) is 24.3 Å². The fourth-order valence-corrected chi connectivity index (χ4v) is 3.40. The first kappa shape index (κ1) is 11.5. The molecule has 2 unspecified atom stereocenters. The lowest BCUT2D eigenvalue weighted by Gasteiger charge is -2.19. The Balaban J connectivity index is 1.62. The molecule has 2 atom stereocenters. The molecule has 0 radical (unpaired) electrons. The molecule has 2 aliphatic heterocycles. The molecule has 17 heavy (non-hydrogen) atoms. The minimum Gasteiger partial charge on any atom is -0.488 e. The SMILES string of the molecule is Cc1ccc2c(c1)CC(CN1CCC(Br)C1)O2. The largest absolute Gasteiger partial charge is 0.488 e. The van der Waals surface area contributed by atoms with Crippen LogP contribution in [0, 0.1) is 6.92 Å². The van der Waals surface area contributed by atoms with Gasteiger partial charge in [-0.1, -0.05) is 33.6 Å². The second-order valence-electron chi connectivity index (χ2n) is 5.20. The van der Waals surface area contributed by atoms with E-state index >= 15 is 0 Å². The van der Waals surface area contributed by atoms with Crippen molar-refractivity contribution >= 4 is 15.9 Å². The van der Waals surface area contributed by atoms with E-state index in [4.69, 9.17) is 4.74 Å². The van der Waals surface area contributed by atoms with Crippen LogP contribution in [0.4, 0.5) is 0 Å². The van der Waals surface area contributed by atoms with E-state index in [1.165, 1.54) is 24.1 Å². The minimum atomic E-state index is 0.351. The Hall–Kier alpha value is -0.540. The van der Waals surface area contributed by atoms with Crippen LogP contribution in [-0.4, -0.2) is 35.5 Å². The van der Waals surface area contributed by atoms with Crippen molar-refractivity contribution in [2.45, 2.75) is 30.7 Å². The monoisotopic (exact) mass is 295 g/mol. The molecule has 3 heteroatoms. The number of fused-ring (bicyclic) bond motifs is 1. The molecule has 2 aliphatic rings. The Morgan fingerprint density at radius 1 is 1.47 bits per heavy atom. The highest BCUT2D eigenvalue weighted by atomic mass is 79.9. The van der Waals surface area contributed by atoms with Gasteiger partial charge in [-0.2, -0.15) is 0 Å². The lowest BCUT2D eigenvalue weighted by atomic mass is 10.1. The van der Waals surface area contributed by atoms with E-state index in [1.54, 1.807) is 0 Å². The van der Waals surface area contributed by atoms with Crippen LogP contribution in [0.2, 0.25) is 0 Å². The van der Waals surface area contributed by atoms with Crippen molar-refractivity contribution in [3.05, 3.63) is 29.3 Å². The van der Waals surface area contributed by atoms with Crippen LogP contribution in [0.5, 0.6) is 5.75 Å². The number of aryl methyl sites for hydroxylation is 1. The number of hydrogen-bond donors (Lipinski definition) is 0. The van der Waals surface area contributed by atoms with Gasteiger partial charge in [0.15, 0.2) is 0 Å². The molecular formula is C14H18BrNO. The normalized spacial score (nSPS) is 28.1. The van der Waals surface area contributed by atoms with E-state index in [9.17, 15) is 0 Å². The Morgan fingerprint density at radius 3 is 3.12 bits per heavy atom. The molecule has 0 amide bonds. The van der Waals surface area contributed by atoms with Gasteiger partial charge in [-0.15, -0.1) is 0 Å². The van der Waals surface area contributed by atoms with Gasteiger partial charge in [0.25, 0.3) is 0 Å². The number of ether oxygens (including phenoxy) is 1. The molecular weight excluding hydrogens is 278 g/mol. The maximum absolute atomic E-state index is 6.00. The second kappa shape index (κ2) is 4.62. The highest BCUT2D eigenvalue weighted by Gasteiger charge is 2.28. The number of likely N-dealkylation sites (tertiary alicyclic amines) is 1. The van der Waals surface area contributed by atoms with Crippen LogP contribution < -0.4 is 4.74 Å². The van der Waals surface area contributed by atoms with Crippen LogP contribution in [0.1, 0.15) is 17.5 Å². The molecule has 1 fully saturated rings. The van der Waals surface area contributed by atoms with Crippen LogP contribution in [0.15, 0.2) is 18.2 Å². The zero-order valence-corrected chi connectivity index (χ0v) is 11.7. The maximum Gasteiger partial charge on any atom is 0.123 e. The van der Waals surface area contributed by atoms with E-state index in [0.717, 1.165) is 25.3 Å². The predicted molar refractivity (Wildman–Crippen MR) is 73.1 cm³/mol. The molecule has 92 valence electrons. The first-order chi connectivity index (χ1) is 8.20. The average molecular weight is 296 g/mol. The summed E-state index contributed by atoms with van der Waals surface area (Å²) in [5.74, 6) is 1.09. The zero-order chi connectivity index (χ0) is 11.8. The van der Waals surface area contributed by atoms with E-state index < -0.39 is 0 Å². The van der Waals surface area contributed by atoms with Crippen LogP contribution in [0.3, 0.4) is 0 Å². The summed E-state index contributed by atoms with van der Waals surface area (Å²) < 4.78 is 6.00. The quantitative estimate of drug-likeness (QED) is 0.778. The Labute approximate surface area is 111 Å². The van der Waals surface area contributed by atoms with Crippen molar-refractivity contribution in [2.75, 3.05) is 19.6 Å². The second-order valence-corrected chi connectivity index (χ2v) is 6.50. The lowest BCUT2D eigenvalue weighted by Crippen LogP contribution is -2.33. The third kappa shape index (κ3) is 2.50. The number of nitrogens with zero attached hydrogens (tertiary/aromatic N) is 1. The van der Waals surface area contributed by atoms with Gasteiger partial charge in [-0.05, 0) is 31.5 Å². The molecule has 0 spiro atoms. The fourth-order valence-electron chi connectivity index (χ4n) is 2.79. The molecule has 1 saturated heterocycles. The van der Waals surface area contributed by atoms with Crippen molar-refractivity contribution in [3.8, 4) is 5.75 Å². The van der Waals surface area contributed by atoms with Crippen molar-refractivity contribution < 1.29 is 4.74 Å². The van der Waals surface area contributed by atoms with E-state index in [2.05, 4.69) is 46.0 Å². The van der Waals surface area contributed by atoms with Gasteiger partial charge in [-0.25, -0.2) is 0 Å². The van der Waals surface area contributed by atoms with Gasteiger partial charge in [0.05, 0.1) is 0 Å². The molecule has 1 aromatic rings. The summed E-state index contributed by atoms with van der Waals surface area (Å²) in [6.45, 7) is 5.57. The Morgan fingerprint density at radius 2 is 2.35 bits per heavy atom. The van der Waals surface area contributed by atoms with Gasteiger partial charge in [0.2, 0.25) is 0 Å². The molecule has 3 rings (SSSR count). The van der Waals surface area contributed by atoms with E-state index in [1.807, 2.05) is 0 Å². The standard InChI is InChI=1S/C14H18BrNO/c1-10-2-3-14-11(6-10)7-13(17-14)9-16-5-4-12(15)8-16/h2-3,6,12-13H,4-5,7-9H2,1H3. The minimum absolute atomic E-state index is 0.351. The third-order valence-corrected chi connectivity index (χ3v) is 4.38. The molecule has 0 aliphatic carbocycles. The average Bonchev–Trinajstić information content (AvgIpc) is 2.84. The van der Waals surface area contributed by atoms with Crippen LogP contribution in [-0.2, 0) is 6.42 Å². The zero-order valence-electron chi connectivity index (χ0n) is 10.2. The fraction of sp³-hybridized carbons (Fsp3) is 0.571. The Bertz CT molecular complexity index is 421. The summed E-state index contributed by atoms with van der Waals surface area (Å²) in [6, 6.07) is 6.50. The molecule has 0 bridgehead atoms. The van der Waals surface area contributed by atoms with Crippen molar-refractivity contribution in [1.29, 1.82) is 0 Å². The van der Waals surface area contributed by atoms with E-state index in [0.29, 0.717) is 10.9 Å². The topological polar surface area (TPSA) is 12.5 Å². The smallest absolute Gasteiger partial charge is 0.123 e. The van der Waals surface area contributed by atoms with Crippen LogP contribution in [0.25, 0.3) is 0 Å². The molecule has 0 aromatic heterocycles. The maximum atomic E-state index is 6.00. The lowest BCUT2D eigenvalue weighted by molar-refractivity contribution is 0.168. The van der Waals surface area contributed by atoms with Crippen molar-refractivity contribution in [3.63, 3.8) is 0 Å². The number of alkyl halides is 1. The predicted octanol–water partition coefficient (Wildman–Crippen LogP) is 2.77. The Kier molecular flexibility index (Phi) is 3.14. The number of hydrogen-bond acceptors (Lipinski definition) is 2. The highest BCUT2D eigenvalue weighted by Crippen LogP contribution is 2.30. The number of benzene rings is 1. The molecule has 0 N–H and O–H groups in total. The third-order valence-electron chi connectivity index (χ3n) is 3.63. The number of halogens is 1. The summed E-state index contributed by atoms with van der Waals surface area (Å²) in [4.78, 5) is 3.18. The summed E-state index contributed by atoms with van der Waals surface area (Å²) in [6.07, 6.45) is 2.68. The van der Waals surface area contributed by atoms with Gasteiger partial charge >= 0.3 is 0 Å². The van der Waals surface area contributed by atoms with Crippen LogP contribution >= 0.6 is 15.9 Å². The molecule has 2 heterocycles. The molecule has 2 nitrogen and oxygen atoms in total. The summed E-state index contributed by atoms with van der Waals surface area (Å²) in [7, 11) is 0. The van der Waals surface area contributed by atoms with Gasteiger partial charge in [-0.3, -0.25) is 4.90 Å². The van der Waals surface area contributed by atoms with Gasteiger partial charge < -0.3 is 4.74 Å². The first-order valence-corrected chi connectivity index (χ1v) is 7.25. The van der Waals surface area contributed by atoms with Crippen molar-refractivity contribution in [2.24, 2.45) is 0 Å². The van der Waals surface area contributed by atoms with Crippen molar-refractivity contribution in [1.82, 2.24) is 4.90 Å². The van der Waals surface area contributed by atoms with Gasteiger partial charge in [0.1, 0.15) is 11.9 Å². The molecule has 1 aromatic carbocycles.